The fourth-order valence-corrected chi connectivity index (χ4v) is 3.58. The summed E-state index contributed by atoms with van der Waals surface area (Å²) in [5.74, 6) is 0. The molecular weight excluding hydrogens is 304 g/mol. The lowest BCUT2D eigenvalue weighted by atomic mass is 10.0. The zero-order valence-corrected chi connectivity index (χ0v) is 14.5. The summed E-state index contributed by atoms with van der Waals surface area (Å²) in [7, 11) is 2.25. The minimum absolute atomic E-state index is 0.678. The Morgan fingerprint density at radius 2 is 1.65 bits per heavy atom. The van der Waals surface area contributed by atoms with Crippen molar-refractivity contribution in [2.45, 2.75) is 32.0 Å². The Bertz CT molecular complexity index is 606. The quantitative estimate of drug-likeness (QED) is 0.800. The van der Waals surface area contributed by atoms with Crippen molar-refractivity contribution in [1.82, 2.24) is 9.80 Å². The van der Waals surface area contributed by atoms with E-state index in [-0.39, 0.29) is 0 Å². The molecule has 0 N–H and O–H groups in total. The number of benzene rings is 2. The molecule has 0 bridgehead atoms. The summed E-state index contributed by atoms with van der Waals surface area (Å²) < 4.78 is 0. The second-order valence-corrected chi connectivity index (χ2v) is 6.91. The van der Waals surface area contributed by atoms with Crippen LogP contribution in [-0.2, 0) is 13.1 Å². The van der Waals surface area contributed by atoms with E-state index in [1.807, 2.05) is 12.1 Å². The third-order valence-corrected chi connectivity index (χ3v) is 5.18. The average molecular weight is 329 g/mol. The first kappa shape index (κ1) is 16.5. The van der Waals surface area contributed by atoms with Crippen LogP contribution in [0, 0.1) is 0 Å². The molecule has 1 aliphatic heterocycles. The molecule has 2 aromatic rings. The number of piperidine rings is 1. The summed E-state index contributed by atoms with van der Waals surface area (Å²) in [4.78, 5) is 5.02. The average Bonchev–Trinajstić information content (AvgIpc) is 2.58. The van der Waals surface area contributed by atoms with Gasteiger partial charge in [-0.3, -0.25) is 9.80 Å². The van der Waals surface area contributed by atoms with Crippen LogP contribution in [0.2, 0.25) is 5.02 Å². The molecular formula is C20H25ClN2. The van der Waals surface area contributed by atoms with Gasteiger partial charge in [0.1, 0.15) is 0 Å². The van der Waals surface area contributed by atoms with Gasteiger partial charge in [0.2, 0.25) is 0 Å². The number of nitrogens with zero attached hydrogens (tertiary/aromatic N) is 2. The number of rotatable bonds is 5. The number of likely N-dealkylation sites (tertiary alicyclic amines) is 1. The van der Waals surface area contributed by atoms with Crippen LogP contribution in [0.3, 0.4) is 0 Å². The lowest BCUT2D eigenvalue weighted by Crippen LogP contribution is -2.42. The SMILES string of the molecule is CN(Cc1ccccc1)C1CCN(Cc2ccccc2Cl)CC1. The standard InChI is InChI=1S/C20H25ClN2/c1-22(15-17-7-3-2-4-8-17)19-11-13-23(14-12-19)16-18-9-5-6-10-20(18)21/h2-10,19H,11-16H2,1H3. The van der Waals surface area contributed by atoms with Crippen molar-refractivity contribution in [3.05, 3.63) is 70.7 Å². The second kappa shape index (κ2) is 7.96. The van der Waals surface area contributed by atoms with Gasteiger partial charge in [-0.2, -0.15) is 0 Å². The van der Waals surface area contributed by atoms with E-state index in [2.05, 4.69) is 59.3 Å². The molecule has 1 saturated heterocycles. The molecule has 2 nitrogen and oxygen atoms in total. The maximum atomic E-state index is 6.28. The van der Waals surface area contributed by atoms with Gasteiger partial charge in [-0.15, -0.1) is 0 Å². The number of hydrogen-bond donors (Lipinski definition) is 0. The molecule has 3 rings (SSSR count). The molecule has 0 aliphatic carbocycles. The third kappa shape index (κ3) is 4.57. The van der Waals surface area contributed by atoms with E-state index in [4.69, 9.17) is 11.6 Å². The van der Waals surface area contributed by atoms with Gasteiger partial charge < -0.3 is 0 Å². The molecule has 3 heteroatoms. The first-order valence-corrected chi connectivity index (χ1v) is 8.80. The van der Waals surface area contributed by atoms with Crippen LogP contribution in [0.25, 0.3) is 0 Å². The Balaban J connectivity index is 1.49. The van der Waals surface area contributed by atoms with Crippen molar-refractivity contribution < 1.29 is 0 Å². The lowest BCUT2D eigenvalue weighted by Gasteiger charge is -2.37. The molecule has 1 aliphatic rings. The fourth-order valence-electron chi connectivity index (χ4n) is 3.39. The van der Waals surface area contributed by atoms with E-state index >= 15 is 0 Å². The maximum Gasteiger partial charge on any atom is 0.0451 e. The fraction of sp³-hybridized carbons (Fsp3) is 0.400. The zero-order chi connectivity index (χ0) is 16.1. The Hall–Kier alpha value is -1.35. The smallest absolute Gasteiger partial charge is 0.0451 e. The summed E-state index contributed by atoms with van der Waals surface area (Å²) in [6.07, 6.45) is 2.46. The van der Waals surface area contributed by atoms with Crippen LogP contribution < -0.4 is 0 Å². The van der Waals surface area contributed by atoms with Crippen LogP contribution >= 0.6 is 11.6 Å². The van der Waals surface area contributed by atoms with Gasteiger partial charge in [0.15, 0.2) is 0 Å². The highest BCUT2D eigenvalue weighted by Crippen LogP contribution is 2.22. The van der Waals surface area contributed by atoms with Crippen LogP contribution in [0.5, 0.6) is 0 Å². The molecule has 1 fully saturated rings. The molecule has 122 valence electrons. The van der Waals surface area contributed by atoms with Gasteiger partial charge in [0, 0.05) is 24.2 Å². The topological polar surface area (TPSA) is 6.48 Å². The van der Waals surface area contributed by atoms with Crippen molar-refractivity contribution in [2.24, 2.45) is 0 Å². The van der Waals surface area contributed by atoms with E-state index in [0.29, 0.717) is 6.04 Å². The van der Waals surface area contributed by atoms with Crippen molar-refractivity contribution in [3.8, 4) is 0 Å². The Morgan fingerprint density at radius 3 is 2.35 bits per heavy atom. The molecule has 0 amide bonds. The van der Waals surface area contributed by atoms with E-state index in [0.717, 1.165) is 31.2 Å². The van der Waals surface area contributed by atoms with Crippen LogP contribution in [-0.4, -0.2) is 36.0 Å². The molecule has 1 heterocycles. The van der Waals surface area contributed by atoms with Gasteiger partial charge in [-0.05, 0) is 50.2 Å². The Kier molecular flexibility index (Phi) is 5.71. The van der Waals surface area contributed by atoms with Gasteiger partial charge >= 0.3 is 0 Å². The van der Waals surface area contributed by atoms with E-state index < -0.39 is 0 Å². The zero-order valence-electron chi connectivity index (χ0n) is 13.8. The van der Waals surface area contributed by atoms with Crippen LogP contribution in [0.1, 0.15) is 24.0 Å². The summed E-state index contributed by atoms with van der Waals surface area (Å²) in [5, 5.41) is 0.885. The molecule has 0 saturated carbocycles. The van der Waals surface area contributed by atoms with Gasteiger partial charge in [0.05, 0.1) is 0 Å². The molecule has 0 radical (unpaired) electrons. The maximum absolute atomic E-state index is 6.28. The summed E-state index contributed by atoms with van der Waals surface area (Å²) in [5.41, 5.74) is 2.64. The van der Waals surface area contributed by atoms with E-state index in [9.17, 15) is 0 Å². The molecule has 0 atom stereocenters. The normalized spacial score (nSPS) is 16.8. The lowest BCUT2D eigenvalue weighted by molar-refractivity contribution is 0.119. The van der Waals surface area contributed by atoms with Crippen molar-refractivity contribution in [1.29, 1.82) is 0 Å². The van der Waals surface area contributed by atoms with E-state index in [1.165, 1.54) is 24.0 Å². The first-order chi connectivity index (χ1) is 11.2. The van der Waals surface area contributed by atoms with Crippen LogP contribution in [0.15, 0.2) is 54.6 Å². The summed E-state index contributed by atoms with van der Waals surface area (Å²) in [6.45, 7) is 4.30. The Labute approximate surface area is 144 Å². The minimum atomic E-state index is 0.678. The van der Waals surface area contributed by atoms with Crippen molar-refractivity contribution in [3.63, 3.8) is 0 Å². The summed E-state index contributed by atoms with van der Waals surface area (Å²) >= 11 is 6.28. The van der Waals surface area contributed by atoms with Crippen molar-refractivity contribution in [2.75, 3.05) is 20.1 Å². The number of hydrogen-bond acceptors (Lipinski definition) is 2. The van der Waals surface area contributed by atoms with Gasteiger partial charge in [0.25, 0.3) is 0 Å². The van der Waals surface area contributed by atoms with Gasteiger partial charge in [-0.1, -0.05) is 60.1 Å². The molecule has 2 aromatic carbocycles. The van der Waals surface area contributed by atoms with Gasteiger partial charge in [-0.25, -0.2) is 0 Å². The number of halogens is 1. The summed E-state index contributed by atoms with van der Waals surface area (Å²) in [6, 6.07) is 19.6. The third-order valence-electron chi connectivity index (χ3n) is 4.81. The second-order valence-electron chi connectivity index (χ2n) is 6.50. The molecule has 0 spiro atoms. The minimum Gasteiger partial charge on any atom is -0.299 e. The monoisotopic (exact) mass is 328 g/mol. The first-order valence-electron chi connectivity index (χ1n) is 8.42. The highest BCUT2D eigenvalue weighted by Gasteiger charge is 2.22. The van der Waals surface area contributed by atoms with Crippen LogP contribution in [0.4, 0.5) is 0 Å². The highest BCUT2D eigenvalue weighted by atomic mass is 35.5. The highest BCUT2D eigenvalue weighted by molar-refractivity contribution is 6.31. The Morgan fingerprint density at radius 1 is 1.00 bits per heavy atom. The predicted molar refractivity (Wildman–Crippen MR) is 97.7 cm³/mol. The molecule has 0 unspecified atom stereocenters. The van der Waals surface area contributed by atoms with Crippen molar-refractivity contribution >= 4 is 11.6 Å². The predicted octanol–water partition coefficient (Wildman–Crippen LogP) is 4.44. The van der Waals surface area contributed by atoms with E-state index in [1.54, 1.807) is 0 Å². The molecule has 0 aromatic heterocycles. The molecule has 23 heavy (non-hydrogen) atoms. The largest absolute Gasteiger partial charge is 0.299 e.